The van der Waals surface area contributed by atoms with Crippen molar-refractivity contribution in [3.8, 4) is 0 Å². The van der Waals surface area contributed by atoms with E-state index < -0.39 is 6.10 Å². The van der Waals surface area contributed by atoms with Gasteiger partial charge in [0.25, 0.3) is 0 Å². The molecule has 3 aliphatic rings. The molecular formula is C30H28O4. The van der Waals surface area contributed by atoms with Crippen molar-refractivity contribution < 1.29 is 19.1 Å². The summed E-state index contributed by atoms with van der Waals surface area (Å²) in [5, 5.41) is 0. The van der Waals surface area contributed by atoms with Crippen LogP contribution in [0.4, 0.5) is 0 Å². The number of benzene rings is 3. The molecule has 0 aromatic heterocycles. The minimum Gasteiger partial charge on any atom is -0.458 e. The molecule has 0 amide bonds. The van der Waals surface area contributed by atoms with E-state index in [9.17, 15) is 9.59 Å². The maximum atomic E-state index is 12.9. The fourth-order valence-corrected chi connectivity index (χ4v) is 6.68. The number of fused-ring (bicyclic) bond motifs is 7. The molecule has 0 saturated heterocycles. The van der Waals surface area contributed by atoms with Crippen molar-refractivity contribution in [2.45, 2.75) is 43.8 Å². The Hall–Kier alpha value is -3.40. The molecule has 0 heterocycles. The molecule has 3 aliphatic carbocycles. The summed E-state index contributed by atoms with van der Waals surface area (Å²) in [4.78, 5) is 25.9. The van der Waals surface area contributed by atoms with Crippen molar-refractivity contribution in [1.82, 2.24) is 0 Å². The minimum atomic E-state index is -0.395. The lowest BCUT2D eigenvalue weighted by molar-refractivity contribution is -0.175. The molecule has 0 spiro atoms. The number of carbonyl (C=O) groups is 2. The highest BCUT2D eigenvalue weighted by atomic mass is 16.6. The van der Waals surface area contributed by atoms with Crippen LogP contribution in [0.5, 0.6) is 0 Å². The zero-order valence-corrected chi connectivity index (χ0v) is 19.0. The summed E-state index contributed by atoms with van der Waals surface area (Å²) >= 11 is 0. The zero-order chi connectivity index (χ0) is 23.1. The van der Waals surface area contributed by atoms with Crippen LogP contribution in [0.25, 0.3) is 0 Å². The summed E-state index contributed by atoms with van der Waals surface area (Å²) in [5.74, 6) is 0.723. The predicted octanol–water partition coefficient (Wildman–Crippen LogP) is 4.90. The van der Waals surface area contributed by atoms with Gasteiger partial charge < -0.3 is 9.47 Å². The van der Waals surface area contributed by atoms with Gasteiger partial charge in [-0.3, -0.25) is 9.59 Å². The van der Waals surface area contributed by atoms with E-state index in [0.29, 0.717) is 11.8 Å². The lowest BCUT2D eigenvalue weighted by atomic mass is 9.76. The average Bonchev–Trinajstić information content (AvgIpc) is 3.50. The maximum absolute atomic E-state index is 12.9. The Morgan fingerprint density at radius 2 is 1.18 bits per heavy atom. The van der Waals surface area contributed by atoms with Crippen LogP contribution in [-0.2, 0) is 38.3 Å². The van der Waals surface area contributed by atoms with Gasteiger partial charge in [0.1, 0.15) is 12.2 Å². The Labute approximate surface area is 199 Å². The van der Waals surface area contributed by atoms with E-state index in [1.165, 1.54) is 11.1 Å². The van der Waals surface area contributed by atoms with Crippen molar-refractivity contribution in [2.75, 3.05) is 0 Å². The third-order valence-electron chi connectivity index (χ3n) is 7.97. The third-order valence-corrected chi connectivity index (χ3v) is 7.97. The number of esters is 2. The van der Waals surface area contributed by atoms with Crippen LogP contribution in [-0.4, -0.2) is 24.1 Å². The van der Waals surface area contributed by atoms with Gasteiger partial charge in [-0.1, -0.05) is 84.9 Å². The summed E-state index contributed by atoms with van der Waals surface area (Å²) in [6, 6.07) is 27.9. The van der Waals surface area contributed by atoms with Crippen LogP contribution in [0.3, 0.4) is 0 Å². The fourth-order valence-electron chi connectivity index (χ4n) is 6.68. The molecule has 2 saturated carbocycles. The summed E-state index contributed by atoms with van der Waals surface area (Å²) in [6.07, 6.45) is 1.64. The summed E-state index contributed by atoms with van der Waals surface area (Å²) in [6.45, 7) is 0. The second-order valence-corrected chi connectivity index (χ2v) is 9.89. The summed E-state index contributed by atoms with van der Waals surface area (Å²) < 4.78 is 12.2. The molecule has 2 fully saturated rings. The number of hydrogen-bond donors (Lipinski definition) is 0. The van der Waals surface area contributed by atoms with Crippen molar-refractivity contribution in [1.29, 1.82) is 0 Å². The Morgan fingerprint density at radius 3 is 1.79 bits per heavy atom. The van der Waals surface area contributed by atoms with Gasteiger partial charge in [0, 0.05) is 11.8 Å². The van der Waals surface area contributed by atoms with E-state index >= 15 is 0 Å². The molecule has 3 aromatic rings. The Balaban J connectivity index is 1.23. The molecule has 2 bridgehead atoms. The van der Waals surface area contributed by atoms with Gasteiger partial charge in [0.05, 0.1) is 12.8 Å². The topological polar surface area (TPSA) is 52.6 Å². The molecule has 3 aromatic carbocycles. The van der Waals surface area contributed by atoms with E-state index in [-0.39, 0.29) is 42.7 Å². The second-order valence-electron chi connectivity index (χ2n) is 9.89. The molecule has 0 radical (unpaired) electrons. The lowest BCUT2D eigenvalue weighted by Crippen LogP contribution is -2.45. The quantitative estimate of drug-likeness (QED) is 0.499. The maximum Gasteiger partial charge on any atom is 0.310 e. The molecule has 6 rings (SSSR count). The van der Waals surface area contributed by atoms with Gasteiger partial charge in [0.2, 0.25) is 0 Å². The molecule has 4 heteroatoms. The van der Waals surface area contributed by atoms with Crippen LogP contribution in [0.1, 0.15) is 34.6 Å². The highest BCUT2D eigenvalue weighted by Gasteiger charge is 2.63. The van der Waals surface area contributed by atoms with Crippen molar-refractivity contribution in [2.24, 2.45) is 17.8 Å². The van der Waals surface area contributed by atoms with E-state index in [0.717, 1.165) is 24.0 Å². The van der Waals surface area contributed by atoms with E-state index in [4.69, 9.17) is 9.47 Å². The van der Waals surface area contributed by atoms with Crippen molar-refractivity contribution in [3.63, 3.8) is 0 Å². The largest absolute Gasteiger partial charge is 0.458 e. The van der Waals surface area contributed by atoms with Gasteiger partial charge in [-0.25, -0.2) is 0 Å². The predicted molar refractivity (Wildman–Crippen MR) is 128 cm³/mol. The van der Waals surface area contributed by atoms with E-state index in [1.54, 1.807) is 0 Å². The molecule has 6 atom stereocenters. The van der Waals surface area contributed by atoms with Crippen molar-refractivity contribution >= 4 is 11.9 Å². The Morgan fingerprint density at radius 1 is 0.647 bits per heavy atom. The second kappa shape index (κ2) is 8.75. The normalized spacial score (nSPS) is 28.2. The van der Waals surface area contributed by atoms with Gasteiger partial charge in [-0.15, -0.1) is 0 Å². The van der Waals surface area contributed by atoms with Crippen LogP contribution in [0.15, 0.2) is 84.9 Å². The minimum absolute atomic E-state index is 0.188. The van der Waals surface area contributed by atoms with Crippen LogP contribution in [0, 0.1) is 17.8 Å². The number of carbonyl (C=O) groups excluding carboxylic acids is 2. The van der Waals surface area contributed by atoms with Gasteiger partial charge in [-0.05, 0) is 46.9 Å². The molecule has 0 N–H and O–H groups in total. The first-order valence-corrected chi connectivity index (χ1v) is 12.2. The van der Waals surface area contributed by atoms with Gasteiger partial charge in [0.15, 0.2) is 0 Å². The Bertz CT molecular complexity index is 1190. The highest BCUT2D eigenvalue weighted by Crippen LogP contribution is 2.62. The number of ether oxygens (including phenoxy) is 2. The lowest BCUT2D eigenvalue weighted by Gasteiger charge is -2.37. The SMILES string of the molecule is O=C(Cc1ccccc1)OC1C2CC(C1OC(=O)Cc1ccccc1)C1c3ccccc3CC21. The highest BCUT2D eigenvalue weighted by molar-refractivity contribution is 5.74. The van der Waals surface area contributed by atoms with Crippen LogP contribution in [0.2, 0.25) is 0 Å². The third kappa shape index (κ3) is 3.81. The number of rotatable bonds is 6. The molecule has 34 heavy (non-hydrogen) atoms. The van der Waals surface area contributed by atoms with E-state index in [1.807, 2.05) is 60.7 Å². The molecule has 0 aliphatic heterocycles. The Kier molecular flexibility index (Phi) is 5.44. The van der Waals surface area contributed by atoms with E-state index in [2.05, 4.69) is 24.3 Å². The molecular weight excluding hydrogens is 424 g/mol. The monoisotopic (exact) mass is 452 g/mol. The van der Waals surface area contributed by atoms with Gasteiger partial charge in [-0.2, -0.15) is 0 Å². The first-order valence-electron chi connectivity index (χ1n) is 12.2. The molecule has 172 valence electrons. The first-order chi connectivity index (χ1) is 16.7. The smallest absolute Gasteiger partial charge is 0.310 e. The number of hydrogen-bond acceptors (Lipinski definition) is 4. The standard InChI is InChI=1S/C30H28O4/c31-26(15-19-9-3-1-4-10-19)33-29-24-18-25(28-22-14-8-7-13-21(22)17-23(24)28)30(29)34-27(32)16-20-11-5-2-6-12-20/h1-14,23-25,28-30H,15-18H2. The fraction of sp³-hybridized carbons (Fsp3) is 0.333. The average molecular weight is 453 g/mol. The van der Waals surface area contributed by atoms with Crippen LogP contribution < -0.4 is 0 Å². The van der Waals surface area contributed by atoms with Gasteiger partial charge >= 0.3 is 11.9 Å². The zero-order valence-electron chi connectivity index (χ0n) is 19.0. The van der Waals surface area contributed by atoms with Crippen molar-refractivity contribution in [3.05, 3.63) is 107 Å². The summed E-state index contributed by atoms with van der Waals surface area (Å²) in [5.41, 5.74) is 4.63. The summed E-state index contributed by atoms with van der Waals surface area (Å²) in [7, 11) is 0. The van der Waals surface area contributed by atoms with Crippen LogP contribution >= 0.6 is 0 Å². The molecule has 6 unspecified atom stereocenters. The first kappa shape index (κ1) is 21.2. The molecule has 4 nitrogen and oxygen atoms in total.